The number of piperidine rings is 1. The van der Waals surface area contributed by atoms with E-state index in [1.165, 1.54) is 18.2 Å². The van der Waals surface area contributed by atoms with E-state index in [2.05, 4.69) is 4.72 Å². The maximum Gasteiger partial charge on any atom is 0.255 e. The lowest BCUT2D eigenvalue weighted by molar-refractivity contribution is 0.0713. The number of likely N-dealkylation sites (tertiary alicyclic amines) is 1. The Morgan fingerprint density at radius 3 is 2.34 bits per heavy atom. The predicted octanol–water partition coefficient (Wildman–Crippen LogP) is 3.75. The first kappa shape index (κ1) is 21.6. The van der Waals surface area contributed by atoms with Crippen molar-refractivity contribution in [2.75, 3.05) is 13.1 Å². The summed E-state index contributed by atoms with van der Waals surface area (Å²) in [5.74, 6) is 0.288. The van der Waals surface area contributed by atoms with Gasteiger partial charge in [-0.05, 0) is 68.5 Å². The van der Waals surface area contributed by atoms with Crippen LogP contribution < -0.4 is 4.72 Å². The SMILES string of the molecule is CC(C)NS(=O)(=O)c1ccc(Cl)c(C(=O)N2CCC(c3ccc(O)cc3)CC2)c1. The van der Waals surface area contributed by atoms with E-state index in [9.17, 15) is 18.3 Å². The van der Waals surface area contributed by atoms with Crippen molar-refractivity contribution < 1.29 is 18.3 Å². The number of sulfonamides is 1. The highest BCUT2D eigenvalue weighted by atomic mass is 35.5. The smallest absolute Gasteiger partial charge is 0.255 e. The number of hydrogen-bond acceptors (Lipinski definition) is 4. The minimum absolute atomic E-state index is 0.0259. The standard InChI is InChI=1S/C21H25ClN2O4S/c1-14(2)23-29(27,28)18-7-8-20(22)19(13-18)21(26)24-11-9-16(10-12-24)15-3-5-17(25)6-4-15/h3-8,13-14,16,23,25H,9-12H2,1-2H3. The molecule has 1 aliphatic heterocycles. The van der Waals surface area contributed by atoms with Gasteiger partial charge in [-0.3, -0.25) is 4.79 Å². The molecule has 1 saturated heterocycles. The van der Waals surface area contributed by atoms with Crippen LogP contribution in [0.3, 0.4) is 0 Å². The lowest BCUT2D eigenvalue weighted by Crippen LogP contribution is -2.38. The molecule has 3 rings (SSSR count). The molecule has 1 fully saturated rings. The van der Waals surface area contributed by atoms with Gasteiger partial charge < -0.3 is 10.0 Å². The molecule has 2 aromatic rings. The fourth-order valence-corrected chi connectivity index (χ4v) is 5.02. The van der Waals surface area contributed by atoms with Gasteiger partial charge in [0.1, 0.15) is 5.75 Å². The molecule has 0 radical (unpaired) electrons. The first-order valence-electron chi connectivity index (χ1n) is 9.57. The molecule has 1 aliphatic rings. The van der Waals surface area contributed by atoms with Crippen molar-refractivity contribution in [2.45, 2.75) is 43.5 Å². The number of hydrogen-bond donors (Lipinski definition) is 2. The van der Waals surface area contributed by atoms with Crippen molar-refractivity contribution in [1.82, 2.24) is 9.62 Å². The number of phenols is 1. The summed E-state index contributed by atoms with van der Waals surface area (Å²) >= 11 is 6.22. The fourth-order valence-electron chi connectivity index (χ4n) is 3.55. The molecule has 0 saturated carbocycles. The molecule has 1 amide bonds. The molecule has 29 heavy (non-hydrogen) atoms. The maximum atomic E-state index is 13.0. The second kappa shape index (κ2) is 8.73. The van der Waals surface area contributed by atoms with Crippen molar-refractivity contribution in [1.29, 1.82) is 0 Å². The van der Waals surface area contributed by atoms with Gasteiger partial charge >= 0.3 is 0 Å². The summed E-state index contributed by atoms with van der Waals surface area (Å²) in [5.41, 5.74) is 1.34. The molecular formula is C21H25ClN2O4S. The van der Waals surface area contributed by atoms with Crippen LogP contribution in [0.4, 0.5) is 0 Å². The van der Waals surface area contributed by atoms with Gasteiger partial charge in [-0.1, -0.05) is 23.7 Å². The highest BCUT2D eigenvalue weighted by Gasteiger charge is 2.27. The van der Waals surface area contributed by atoms with Crippen LogP contribution in [0, 0.1) is 0 Å². The van der Waals surface area contributed by atoms with Crippen molar-refractivity contribution in [3.05, 3.63) is 58.6 Å². The number of halogens is 1. The summed E-state index contributed by atoms with van der Waals surface area (Å²) in [4.78, 5) is 14.7. The number of rotatable bonds is 5. The van der Waals surface area contributed by atoms with Crippen LogP contribution in [0.5, 0.6) is 5.75 Å². The van der Waals surface area contributed by atoms with Crippen LogP contribution in [0.15, 0.2) is 47.4 Å². The van der Waals surface area contributed by atoms with E-state index < -0.39 is 10.0 Å². The molecule has 0 bridgehead atoms. The van der Waals surface area contributed by atoms with Gasteiger partial charge in [0.05, 0.1) is 15.5 Å². The number of amides is 1. The number of carbonyl (C=O) groups is 1. The number of nitrogens with one attached hydrogen (secondary N) is 1. The summed E-state index contributed by atoms with van der Waals surface area (Å²) in [6.07, 6.45) is 1.59. The first-order valence-corrected chi connectivity index (χ1v) is 11.4. The van der Waals surface area contributed by atoms with Crippen molar-refractivity contribution in [3.8, 4) is 5.75 Å². The quantitative estimate of drug-likeness (QED) is 0.747. The number of benzene rings is 2. The van der Waals surface area contributed by atoms with E-state index in [0.717, 1.165) is 18.4 Å². The lowest BCUT2D eigenvalue weighted by Gasteiger charge is -2.32. The van der Waals surface area contributed by atoms with Gasteiger partial charge in [-0.15, -0.1) is 0 Å². The Labute approximate surface area is 176 Å². The molecule has 2 aromatic carbocycles. The van der Waals surface area contributed by atoms with Gasteiger partial charge in [-0.2, -0.15) is 0 Å². The predicted molar refractivity (Wildman–Crippen MR) is 113 cm³/mol. The van der Waals surface area contributed by atoms with Crippen LogP contribution in [0.1, 0.15) is 48.5 Å². The number of nitrogens with zero attached hydrogens (tertiary/aromatic N) is 1. The minimum Gasteiger partial charge on any atom is -0.508 e. The largest absolute Gasteiger partial charge is 0.508 e. The van der Waals surface area contributed by atoms with Gasteiger partial charge in [0.15, 0.2) is 0 Å². The third-order valence-corrected chi connectivity index (χ3v) is 7.00. The molecule has 6 nitrogen and oxygen atoms in total. The van der Waals surface area contributed by atoms with E-state index in [0.29, 0.717) is 19.0 Å². The monoisotopic (exact) mass is 436 g/mol. The van der Waals surface area contributed by atoms with Crippen LogP contribution in [-0.4, -0.2) is 43.5 Å². The molecule has 156 valence electrons. The fraction of sp³-hybridized carbons (Fsp3) is 0.381. The molecule has 1 heterocycles. The van der Waals surface area contributed by atoms with Gasteiger partial charge in [0.25, 0.3) is 5.91 Å². The third kappa shape index (κ3) is 5.10. The number of phenolic OH excluding ortho intramolecular Hbond substituents is 1. The van der Waals surface area contributed by atoms with Crippen molar-refractivity contribution in [2.24, 2.45) is 0 Å². The zero-order valence-electron chi connectivity index (χ0n) is 16.4. The van der Waals surface area contributed by atoms with Crippen LogP contribution in [0.2, 0.25) is 5.02 Å². The Bertz CT molecular complexity index is 982. The first-order chi connectivity index (χ1) is 13.7. The Kier molecular flexibility index (Phi) is 6.51. The summed E-state index contributed by atoms with van der Waals surface area (Å²) in [6, 6.07) is 11.1. The number of aromatic hydroxyl groups is 1. The average molecular weight is 437 g/mol. The van der Waals surface area contributed by atoms with E-state index in [4.69, 9.17) is 11.6 Å². The average Bonchev–Trinajstić information content (AvgIpc) is 2.67. The van der Waals surface area contributed by atoms with Crippen LogP contribution in [-0.2, 0) is 10.0 Å². The molecule has 0 aromatic heterocycles. The van der Waals surface area contributed by atoms with Gasteiger partial charge in [0, 0.05) is 19.1 Å². The topological polar surface area (TPSA) is 86.7 Å². The highest BCUT2D eigenvalue weighted by molar-refractivity contribution is 7.89. The summed E-state index contributed by atoms with van der Waals surface area (Å²) in [6.45, 7) is 4.58. The zero-order chi connectivity index (χ0) is 21.2. The molecule has 0 atom stereocenters. The molecule has 0 spiro atoms. The highest BCUT2D eigenvalue weighted by Crippen LogP contribution is 2.30. The second-order valence-corrected chi connectivity index (χ2v) is 9.70. The molecule has 2 N–H and O–H groups in total. The summed E-state index contributed by atoms with van der Waals surface area (Å²) < 4.78 is 27.4. The number of carbonyl (C=O) groups excluding carboxylic acids is 1. The summed E-state index contributed by atoms with van der Waals surface area (Å²) in [5, 5.41) is 9.67. The third-order valence-electron chi connectivity index (χ3n) is 5.02. The second-order valence-electron chi connectivity index (χ2n) is 7.58. The zero-order valence-corrected chi connectivity index (χ0v) is 18.0. The van der Waals surface area contributed by atoms with E-state index in [1.807, 2.05) is 12.1 Å². The molecule has 0 aliphatic carbocycles. The Hall–Kier alpha value is -2.09. The van der Waals surface area contributed by atoms with E-state index in [-0.39, 0.29) is 33.2 Å². The summed E-state index contributed by atoms with van der Waals surface area (Å²) in [7, 11) is -3.71. The van der Waals surface area contributed by atoms with Gasteiger partial charge in [-0.25, -0.2) is 13.1 Å². The molecule has 0 unspecified atom stereocenters. The van der Waals surface area contributed by atoms with E-state index in [1.54, 1.807) is 30.9 Å². The van der Waals surface area contributed by atoms with Crippen molar-refractivity contribution in [3.63, 3.8) is 0 Å². The normalized spacial score (nSPS) is 15.7. The molecular weight excluding hydrogens is 412 g/mol. The minimum atomic E-state index is -3.71. The Morgan fingerprint density at radius 1 is 1.14 bits per heavy atom. The van der Waals surface area contributed by atoms with Crippen LogP contribution in [0.25, 0.3) is 0 Å². The van der Waals surface area contributed by atoms with E-state index >= 15 is 0 Å². The lowest BCUT2D eigenvalue weighted by atomic mass is 9.89. The van der Waals surface area contributed by atoms with Crippen molar-refractivity contribution >= 4 is 27.5 Å². The van der Waals surface area contributed by atoms with Crippen LogP contribution >= 0.6 is 11.6 Å². The maximum absolute atomic E-state index is 13.0. The Morgan fingerprint density at radius 2 is 1.76 bits per heavy atom. The Balaban J connectivity index is 1.74. The van der Waals surface area contributed by atoms with Gasteiger partial charge in [0.2, 0.25) is 10.0 Å². The molecule has 8 heteroatoms.